The van der Waals surface area contributed by atoms with Crippen LogP contribution in [0.5, 0.6) is 17.2 Å². The molecule has 1 aromatic carbocycles. The zero-order valence-electron chi connectivity index (χ0n) is 24.3. The summed E-state index contributed by atoms with van der Waals surface area (Å²) in [4.78, 5) is 62.6. The van der Waals surface area contributed by atoms with Crippen LogP contribution < -0.4 is 14.2 Å². The summed E-state index contributed by atoms with van der Waals surface area (Å²) in [6.45, 7) is 12.5. The van der Waals surface area contributed by atoms with Gasteiger partial charge in [0.05, 0.1) is 12.2 Å². The van der Waals surface area contributed by atoms with Gasteiger partial charge in [0.2, 0.25) is 0 Å². The average molecular weight is 557 g/mol. The molecule has 10 nitrogen and oxygen atoms in total. The number of fused-ring (bicyclic) bond motifs is 2. The Hall–Kier alpha value is -3.69. The van der Waals surface area contributed by atoms with E-state index >= 15 is 0 Å². The molecule has 4 atom stereocenters. The van der Waals surface area contributed by atoms with E-state index in [9.17, 15) is 24.0 Å². The Bertz CT molecular complexity index is 1350. The second-order valence-corrected chi connectivity index (χ2v) is 11.6. The molecule has 0 aromatic heterocycles. The number of carbonyl (C=O) groups excluding carboxylic acids is 5. The highest BCUT2D eigenvalue weighted by Gasteiger charge is 2.62. The molecule has 2 fully saturated rings. The van der Waals surface area contributed by atoms with Crippen molar-refractivity contribution in [3.63, 3.8) is 0 Å². The van der Waals surface area contributed by atoms with Crippen LogP contribution in [-0.2, 0) is 45.3 Å². The Morgan fingerprint density at radius 1 is 0.850 bits per heavy atom. The lowest BCUT2D eigenvalue weighted by molar-refractivity contribution is -0.145. The molecule has 0 N–H and O–H groups in total. The standard InChI is InChI=1S/C30H36O10/c1-14(37-16(3)32)12-20-24(38-17(4)33)22-21(15(2)31)26-28-29(7,13-36-26)10-9-11-30(28,8)23(22)27(40-19(6)35)25(20)39-18(5)34/h14,28H,9-13H2,1-8H3/t14-,28-,29+,30+/m0/s1. The monoisotopic (exact) mass is 556 g/mol. The molecule has 40 heavy (non-hydrogen) atoms. The minimum atomic E-state index is -0.759. The molecule has 2 aliphatic carbocycles. The van der Waals surface area contributed by atoms with E-state index in [1.54, 1.807) is 6.92 Å². The second kappa shape index (κ2) is 10.4. The number of Topliss-reactive ketones (excluding diaryl/α,β-unsaturated/α-hetero) is 1. The van der Waals surface area contributed by atoms with Crippen LogP contribution in [0.4, 0.5) is 0 Å². The highest BCUT2D eigenvalue weighted by molar-refractivity contribution is 6.22. The van der Waals surface area contributed by atoms with Crippen LogP contribution in [-0.4, -0.2) is 42.4 Å². The lowest BCUT2D eigenvalue weighted by Gasteiger charge is -2.51. The van der Waals surface area contributed by atoms with Gasteiger partial charge in [-0.3, -0.25) is 24.0 Å². The van der Waals surface area contributed by atoms with Crippen molar-refractivity contribution in [3.05, 3.63) is 22.4 Å². The molecule has 1 aromatic rings. The fourth-order valence-corrected chi connectivity index (χ4v) is 7.03. The normalized spacial score (nSPS) is 25.1. The van der Waals surface area contributed by atoms with E-state index in [-0.39, 0.29) is 57.5 Å². The largest absolute Gasteiger partial charge is 0.496 e. The first kappa shape index (κ1) is 29.3. The summed E-state index contributed by atoms with van der Waals surface area (Å²) in [6, 6.07) is 0. The topological polar surface area (TPSA) is 132 Å². The van der Waals surface area contributed by atoms with Crippen molar-refractivity contribution < 1.29 is 47.7 Å². The minimum Gasteiger partial charge on any atom is -0.496 e. The van der Waals surface area contributed by atoms with E-state index in [1.807, 2.05) is 6.92 Å². The predicted molar refractivity (Wildman–Crippen MR) is 142 cm³/mol. The molecule has 10 heteroatoms. The van der Waals surface area contributed by atoms with Crippen molar-refractivity contribution in [1.82, 2.24) is 0 Å². The number of hydrogen-bond donors (Lipinski definition) is 0. The zero-order chi connectivity index (χ0) is 29.7. The van der Waals surface area contributed by atoms with Gasteiger partial charge in [-0.05, 0) is 26.7 Å². The maximum absolute atomic E-state index is 13.4. The molecule has 0 amide bonds. The molecule has 0 spiro atoms. The van der Waals surface area contributed by atoms with Gasteiger partial charge in [-0.15, -0.1) is 0 Å². The number of hydrogen-bond acceptors (Lipinski definition) is 10. The van der Waals surface area contributed by atoms with E-state index in [0.717, 1.165) is 12.8 Å². The number of ketones is 1. The van der Waals surface area contributed by atoms with Crippen molar-refractivity contribution in [1.29, 1.82) is 0 Å². The summed E-state index contributed by atoms with van der Waals surface area (Å²) in [5.74, 6) is -2.80. The molecular formula is C30H36O10. The second-order valence-electron chi connectivity index (χ2n) is 11.6. The molecular weight excluding hydrogens is 520 g/mol. The minimum absolute atomic E-state index is 0.0184. The molecule has 4 rings (SSSR count). The van der Waals surface area contributed by atoms with E-state index in [0.29, 0.717) is 24.4 Å². The van der Waals surface area contributed by atoms with Crippen LogP contribution in [0.1, 0.15) is 91.3 Å². The third-order valence-corrected chi connectivity index (χ3v) is 8.07. The Labute approximate surface area is 233 Å². The summed E-state index contributed by atoms with van der Waals surface area (Å²) >= 11 is 0. The number of allylic oxidation sites excluding steroid dienone is 2. The van der Waals surface area contributed by atoms with E-state index in [4.69, 9.17) is 23.7 Å². The van der Waals surface area contributed by atoms with Gasteiger partial charge in [0.25, 0.3) is 0 Å². The molecule has 1 aliphatic heterocycles. The third kappa shape index (κ3) is 4.88. The maximum Gasteiger partial charge on any atom is 0.308 e. The SMILES string of the molecule is CC(=O)Oc1c(C[C@H](C)OC(C)=O)c(OC(C)=O)c2c(c1OC(C)=O)[C@@]1(C)CCC[C@]3(C)COC(=C2C(C)=O)[C@@H]31. The molecule has 3 aliphatic rings. The lowest BCUT2D eigenvalue weighted by atomic mass is 9.51. The summed E-state index contributed by atoms with van der Waals surface area (Å²) in [7, 11) is 0. The van der Waals surface area contributed by atoms with Crippen LogP contribution in [0, 0.1) is 11.3 Å². The summed E-state index contributed by atoms with van der Waals surface area (Å²) in [5, 5.41) is 0. The molecule has 216 valence electrons. The van der Waals surface area contributed by atoms with Crippen LogP contribution in [0.2, 0.25) is 0 Å². The van der Waals surface area contributed by atoms with Gasteiger partial charge in [-0.2, -0.15) is 0 Å². The van der Waals surface area contributed by atoms with Gasteiger partial charge >= 0.3 is 23.9 Å². The van der Waals surface area contributed by atoms with Crippen LogP contribution in [0.3, 0.4) is 0 Å². The van der Waals surface area contributed by atoms with Gasteiger partial charge < -0.3 is 23.7 Å². The Morgan fingerprint density at radius 2 is 1.43 bits per heavy atom. The van der Waals surface area contributed by atoms with Gasteiger partial charge in [0.1, 0.15) is 17.6 Å². The van der Waals surface area contributed by atoms with E-state index < -0.39 is 35.4 Å². The number of benzene rings is 1. The molecule has 0 unspecified atom stereocenters. The summed E-state index contributed by atoms with van der Waals surface area (Å²) in [5.41, 5.74) is 0.0478. The zero-order valence-corrected chi connectivity index (χ0v) is 24.3. The first-order valence-electron chi connectivity index (χ1n) is 13.4. The fraction of sp³-hybridized carbons (Fsp3) is 0.567. The smallest absolute Gasteiger partial charge is 0.308 e. The number of ether oxygens (including phenoxy) is 5. The van der Waals surface area contributed by atoms with Gasteiger partial charge in [-0.25, -0.2) is 0 Å². The molecule has 0 radical (unpaired) electrons. The fourth-order valence-electron chi connectivity index (χ4n) is 7.03. The highest BCUT2D eigenvalue weighted by atomic mass is 16.6. The van der Waals surface area contributed by atoms with Crippen molar-refractivity contribution in [2.45, 2.75) is 92.6 Å². The first-order valence-corrected chi connectivity index (χ1v) is 13.4. The van der Waals surface area contributed by atoms with Crippen molar-refractivity contribution >= 4 is 35.2 Å². The summed E-state index contributed by atoms with van der Waals surface area (Å²) < 4.78 is 29.0. The van der Waals surface area contributed by atoms with Crippen molar-refractivity contribution in [2.75, 3.05) is 6.61 Å². The van der Waals surface area contributed by atoms with Crippen LogP contribution in [0.15, 0.2) is 5.76 Å². The van der Waals surface area contributed by atoms with Gasteiger partial charge in [0.15, 0.2) is 17.3 Å². The van der Waals surface area contributed by atoms with E-state index in [1.165, 1.54) is 34.6 Å². The number of esters is 4. The lowest BCUT2D eigenvalue weighted by Crippen LogP contribution is -2.48. The maximum atomic E-state index is 13.4. The summed E-state index contributed by atoms with van der Waals surface area (Å²) in [6.07, 6.45) is 1.50. The predicted octanol–water partition coefficient (Wildman–Crippen LogP) is 4.36. The third-order valence-electron chi connectivity index (χ3n) is 8.07. The molecule has 1 saturated heterocycles. The average Bonchev–Trinajstić information content (AvgIpc) is 3.15. The van der Waals surface area contributed by atoms with E-state index in [2.05, 4.69) is 6.92 Å². The first-order chi connectivity index (χ1) is 18.6. The molecule has 1 heterocycles. The van der Waals surface area contributed by atoms with Crippen molar-refractivity contribution in [3.8, 4) is 17.2 Å². The van der Waals surface area contributed by atoms with Crippen LogP contribution >= 0.6 is 0 Å². The Balaban J connectivity index is 2.23. The van der Waals surface area contributed by atoms with Gasteiger partial charge in [0, 0.05) is 67.6 Å². The quantitative estimate of drug-likeness (QED) is 0.352. The highest BCUT2D eigenvalue weighted by Crippen LogP contribution is 2.67. The number of carbonyl (C=O) groups is 5. The van der Waals surface area contributed by atoms with Gasteiger partial charge in [-0.1, -0.05) is 20.3 Å². The van der Waals surface area contributed by atoms with Crippen molar-refractivity contribution in [2.24, 2.45) is 11.3 Å². The number of rotatable bonds is 7. The molecule has 1 saturated carbocycles. The molecule has 0 bridgehead atoms. The Morgan fingerprint density at radius 3 is 1.98 bits per heavy atom. The Kier molecular flexibility index (Phi) is 7.60. The van der Waals surface area contributed by atoms with Crippen LogP contribution in [0.25, 0.3) is 5.57 Å².